The minimum absolute atomic E-state index is 0.0107. The van der Waals surface area contributed by atoms with E-state index in [1.807, 2.05) is 20.8 Å². The van der Waals surface area contributed by atoms with Crippen LogP contribution in [0.25, 0.3) is 22.7 Å². The van der Waals surface area contributed by atoms with Crippen molar-refractivity contribution in [2.24, 2.45) is 0 Å². The minimum Gasteiger partial charge on any atom is -0.382 e. The van der Waals surface area contributed by atoms with Crippen LogP contribution in [-0.2, 0) is 5.41 Å². The average Bonchev–Trinajstić information content (AvgIpc) is 3.35. The molecule has 0 aliphatic heterocycles. The fraction of sp³-hybridized carbons (Fsp3) is 0.316. The van der Waals surface area contributed by atoms with E-state index in [2.05, 4.69) is 40.4 Å². The zero-order chi connectivity index (χ0) is 22.3. The first-order valence-electron chi connectivity index (χ1n) is 9.40. The fourth-order valence-corrected chi connectivity index (χ4v) is 2.96. The SMILES string of the molecule is C[C@@H](NC(=O)c1ncnc(N)c1Cl)c1cc(-c2nc3nc(C(C)(C)C)ncc3[nH]2)no1. The third kappa shape index (κ3) is 4.04. The van der Waals surface area contributed by atoms with Crippen LogP contribution in [-0.4, -0.2) is 41.0 Å². The number of halogens is 1. The van der Waals surface area contributed by atoms with Gasteiger partial charge < -0.3 is 20.6 Å². The number of hydrogen-bond acceptors (Lipinski definition) is 9. The van der Waals surface area contributed by atoms with E-state index in [9.17, 15) is 4.79 Å². The highest BCUT2D eigenvalue weighted by molar-refractivity contribution is 6.35. The monoisotopic (exact) mass is 441 g/mol. The lowest BCUT2D eigenvalue weighted by Crippen LogP contribution is -2.27. The molecule has 1 atom stereocenters. The van der Waals surface area contributed by atoms with Gasteiger partial charge >= 0.3 is 0 Å². The van der Waals surface area contributed by atoms with E-state index in [4.69, 9.17) is 21.9 Å². The number of rotatable bonds is 4. The van der Waals surface area contributed by atoms with Crippen molar-refractivity contribution < 1.29 is 9.32 Å². The predicted octanol–water partition coefficient (Wildman–Crippen LogP) is 2.82. The van der Waals surface area contributed by atoms with E-state index in [0.717, 1.165) is 0 Å². The number of anilines is 1. The van der Waals surface area contributed by atoms with Crippen molar-refractivity contribution in [3.63, 3.8) is 0 Å². The summed E-state index contributed by atoms with van der Waals surface area (Å²) in [6.45, 7) is 7.83. The third-order valence-electron chi connectivity index (χ3n) is 4.49. The molecule has 11 nitrogen and oxygen atoms in total. The van der Waals surface area contributed by atoms with Gasteiger partial charge in [0.1, 0.15) is 34.2 Å². The van der Waals surface area contributed by atoms with E-state index in [0.29, 0.717) is 34.3 Å². The molecule has 0 saturated carbocycles. The van der Waals surface area contributed by atoms with Crippen molar-refractivity contribution in [1.82, 2.24) is 40.4 Å². The maximum absolute atomic E-state index is 12.5. The first-order valence-corrected chi connectivity index (χ1v) is 9.78. The van der Waals surface area contributed by atoms with Crippen LogP contribution in [0.3, 0.4) is 0 Å². The Bertz CT molecular complexity index is 1280. The molecule has 0 unspecified atom stereocenters. The fourth-order valence-electron chi connectivity index (χ4n) is 2.77. The second kappa shape index (κ2) is 7.58. The molecular formula is C19H20ClN9O2. The van der Waals surface area contributed by atoms with Crippen molar-refractivity contribution in [2.45, 2.75) is 39.2 Å². The van der Waals surface area contributed by atoms with Crippen molar-refractivity contribution >= 4 is 34.5 Å². The molecule has 12 heteroatoms. The van der Waals surface area contributed by atoms with Crippen LogP contribution in [0.5, 0.6) is 0 Å². The number of nitrogen functional groups attached to an aromatic ring is 1. The molecule has 4 aromatic heterocycles. The number of nitrogens with zero attached hydrogens (tertiary/aromatic N) is 6. The van der Waals surface area contributed by atoms with Gasteiger partial charge in [0.2, 0.25) is 0 Å². The largest absolute Gasteiger partial charge is 0.382 e. The molecule has 31 heavy (non-hydrogen) atoms. The molecule has 4 aromatic rings. The van der Waals surface area contributed by atoms with Crippen LogP contribution in [0.4, 0.5) is 5.82 Å². The highest BCUT2D eigenvalue weighted by Gasteiger charge is 2.22. The van der Waals surface area contributed by atoms with Crippen LogP contribution in [0.2, 0.25) is 5.02 Å². The maximum atomic E-state index is 12.5. The van der Waals surface area contributed by atoms with E-state index in [1.165, 1.54) is 6.33 Å². The van der Waals surface area contributed by atoms with Gasteiger partial charge in [0, 0.05) is 11.5 Å². The van der Waals surface area contributed by atoms with E-state index in [1.54, 1.807) is 19.2 Å². The molecule has 4 rings (SSSR count). The zero-order valence-electron chi connectivity index (χ0n) is 17.3. The van der Waals surface area contributed by atoms with Gasteiger partial charge in [0.05, 0.1) is 12.2 Å². The summed E-state index contributed by atoms with van der Waals surface area (Å²) >= 11 is 6.01. The predicted molar refractivity (Wildman–Crippen MR) is 113 cm³/mol. The summed E-state index contributed by atoms with van der Waals surface area (Å²) in [7, 11) is 0. The van der Waals surface area contributed by atoms with Gasteiger partial charge in [0.25, 0.3) is 5.91 Å². The Labute approximate surface area is 181 Å². The summed E-state index contributed by atoms with van der Waals surface area (Å²) in [5.41, 5.74) is 7.10. The molecule has 0 aliphatic rings. The van der Waals surface area contributed by atoms with Crippen molar-refractivity contribution in [2.75, 3.05) is 5.73 Å². The number of amides is 1. The van der Waals surface area contributed by atoms with E-state index in [-0.39, 0.29) is 21.9 Å². The highest BCUT2D eigenvalue weighted by Crippen LogP contribution is 2.25. The van der Waals surface area contributed by atoms with Crippen LogP contribution >= 0.6 is 11.6 Å². The number of nitrogens with two attached hydrogens (primary N) is 1. The topological polar surface area (TPSA) is 161 Å². The van der Waals surface area contributed by atoms with E-state index < -0.39 is 11.9 Å². The molecule has 0 aromatic carbocycles. The van der Waals surface area contributed by atoms with Gasteiger partial charge in [0.15, 0.2) is 22.9 Å². The lowest BCUT2D eigenvalue weighted by molar-refractivity contribution is 0.0929. The maximum Gasteiger partial charge on any atom is 0.272 e. The minimum atomic E-state index is -0.516. The number of carbonyl (C=O) groups excluding carboxylic acids is 1. The van der Waals surface area contributed by atoms with Crippen LogP contribution in [0.15, 0.2) is 23.1 Å². The van der Waals surface area contributed by atoms with Gasteiger partial charge in [-0.1, -0.05) is 37.5 Å². The Kier molecular flexibility index (Phi) is 5.05. The number of H-pyrrole nitrogens is 1. The zero-order valence-corrected chi connectivity index (χ0v) is 18.0. The first-order chi connectivity index (χ1) is 14.6. The quantitative estimate of drug-likeness (QED) is 0.432. The van der Waals surface area contributed by atoms with Crippen LogP contribution in [0, 0.1) is 0 Å². The molecule has 0 bridgehead atoms. The Morgan fingerprint density at radius 2 is 2.03 bits per heavy atom. The van der Waals surface area contributed by atoms with Gasteiger partial charge in [-0.25, -0.2) is 24.9 Å². The second-order valence-electron chi connectivity index (χ2n) is 8.00. The Morgan fingerprint density at radius 3 is 2.77 bits per heavy atom. The molecule has 160 valence electrons. The smallest absolute Gasteiger partial charge is 0.272 e. The molecule has 0 spiro atoms. The molecule has 0 aliphatic carbocycles. The van der Waals surface area contributed by atoms with E-state index >= 15 is 0 Å². The van der Waals surface area contributed by atoms with Gasteiger partial charge in [-0.05, 0) is 6.92 Å². The average molecular weight is 442 g/mol. The normalized spacial score (nSPS) is 12.8. The number of aromatic amines is 1. The molecule has 4 heterocycles. The lowest BCUT2D eigenvalue weighted by Gasteiger charge is -2.15. The summed E-state index contributed by atoms with van der Waals surface area (Å²) in [6.07, 6.45) is 2.86. The summed E-state index contributed by atoms with van der Waals surface area (Å²) < 4.78 is 5.39. The van der Waals surface area contributed by atoms with Crippen LogP contribution in [0.1, 0.15) is 55.8 Å². The first kappa shape index (κ1) is 20.7. The third-order valence-corrected chi connectivity index (χ3v) is 4.86. The standard InChI is InChI=1S/C19H20ClN9O2/c1-8(25-17(30)13-12(20)14(21)24-7-23-13)11-5-9(29-31-11)15-26-10-6-22-18(19(2,3)4)28-16(10)27-15/h5-8H,1-4H3,(H,25,30)(H2,21,23,24)(H,22,26,27,28)/t8-/m1/s1. The number of aromatic nitrogens is 7. The second-order valence-corrected chi connectivity index (χ2v) is 8.38. The number of nitrogens with one attached hydrogen (secondary N) is 2. The summed E-state index contributed by atoms with van der Waals surface area (Å²) in [5.74, 6) is 1.11. The van der Waals surface area contributed by atoms with Crippen LogP contribution < -0.4 is 11.1 Å². The number of hydrogen-bond donors (Lipinski definition) is 3. The Morgan fingerprint density at radius 1 is 1.26 bits per heavy atom. The summed E-state index contributed by atoms with van der Waals surface area (Å²) in [4.78, 5) is 36.6. The molecule has 0 radical (unpaired) electrons. The van der Waals surface area contributed by atoms with Crippen molar-refractivity contribution in [3.8, 4) is 11.5 Å². The van der Waals surface area contributed by atoms with Gasteiger partial charge in [-0.15, -0.1) is 0 Å². The lowest BCUT2D eigenvalue weighted by atomic mass is 9.96. The van der Waals surface area contributed by atoms with Gasteiger partial charge in [-0.3, -0.25) is 4.79 Å². The molecular weight excluding hydrogens is 422 g/mol. The summed E-state index contributed by atoms with van der Waals surface area (Å²) in [6, 6.07) is 1.16. The Balaban J connectivity index is 1.55. The molecule has 4 N–H and O–H groups in total. The number of fused-ring (bicyclic) bond motifs is 1. The van der Waals surface area contributed by atoms with Crippen molar-refractivity contribution in [1.29, 1.82) is 0 Å². The van der Waals surface area contributed by atoms with Crippen molar-refractivity contribution in [3.05, 3.63) is 40.9 Å². The molecule has 0 fully saturated rings. The van der Waals surface area contributed by atoms with Gasteiger partial charge in [-0.2, -0.15) is 0 Å². The summed E-state index contributed by atoms with van der Waals surface area (Å²) in [5, 5.41) is 6.78. The molecule has 0 saturated heterocycles. The molecule has 1 amide bonds. The number of carbonyl (C=O) groups is 1. The highest BCUT2D eigenvalue weighted by atomic mass is 35.5. The number of imidazole rings is 1. The Hall–Kier alpha value is -3.60.